The fraction of sp³-hybridized carbons (Fsp3) is 1.00. The number of hydrogen-bond donors (Lipinski definition) is 2. The minimum Gasteiger partial charge on any atom is -0.330 e. The monoisotopic (exact) mass is 454 g/mol. The Morgan fingerprint density at radius 3 is 1.78 bits per heavy atom. The van der Waals surface area contributed by atoms with Crippen molar-refractivity contribution in [3.05, 3.63) is 0 Å². The van der Waals surface area contributed by atoms with Crippen LogP contribution in [0.5, 0.6) is 0 Å². The average molecular weight is 455 g/mol. The van der Waals surface area contributed by atoms with Crippen LogP contribution < -0.4 is 11.1 Å². The van der Waals surface area contributed by atoms with E-state index >= 15 is 0 Å². The molecule has 8 heteroatoms. The molecule has 0 spiro atoms. The van der Waals surface area contributed by atoms with Crippen molar-refractivity contribution < 1.29 is 0 Å². The summed E-state index contributed by atoms with van der Waals surface area (Å²) < 4.78 is 0. The summed E-state index contributed by atoms with van der Waals surface area (Å²) in [7, 11) is 2.04. The molecule has 0 aromatic heterocycles. The molecule has 2 atom stereocenters. The molecule has 0 bridgehead atoms. The third kappa shape index (κ3) is 11.9. The van der Waals surface area contributed by atoms with Gasteiger partial charge in [0.2, 0.25) is 0 Å². The van der Waals surface area contributed by atoms with Crippen LogP contribution in [0.25, 0.3) is 0 Å². The quantitative estimate of drug-likeness (QED) is 0.325. The Kier molecular flexibility index (Phi) is 17.6. The predicted octanol–water partition coefficient (Wildman–Crippen LogP) is 2.49. The van der Waals surface area contributed by atoms with E-state index in [1.807, 2.05) is 42.3 Å². The predicted molar refractivity (Wildman–Crippen MR) is 134 cm³/mol. The molecule has 27 heavy (non-hydrogen) atoms. The lowest BCUT2D eigenvalue weighted by atomic mass is 10.0. The number of rotatable bonds is 17. The van der Waals surface area contributed by atoms with Gasteiger partial charge in [-0.3, -0.25) is 9.80 Å². The molecular weight excluding hydrogens is 413 g/mol. The summed E-state index contributed by atoms with van der Waals surface area (Å²) >= 11 is 8.09. The van der Waals surface area contributed by atoms with E-state index in [1.54, 1.807) is 0 Å². The highest BCUT2D eigenvalue weighted by atomic mass is 32.2. The highest BCUT2D eigenvalue weighted by Gasteiger charge is 2.32. The summed E-state index contributed by atoms with van der Waals surface area (Å²) in [6.45, 7) is 6.90. The fourth-order valence-corrected chi connectivity index (χ4v) is 6.17. The molecule has 1 rings (SSSR count). The summed E-state index contributed by atoms with van der Waals surface area (Å²) in [5.41, 5.74) is 5.66. The van der Waals surface area contributed by atoms with Crippen molar-refractivity contribution in [2.75, 3.05) is 93.3 Å². The molecule has 0 amide bonds. The molecule has 162 valence electrons. The van der Waals surface area contributed by atoms with E-state index < -0.39 is 0 Å². The van der Waals surface area contributed by atoms with Gasteiger partial charge in [-0.25, -0.2) is 0 Å². The van der Waals surface area contributed by atoms with E-state index in [2.05, 4.69) is 39.4 Å². The first-order chi connectivity index (χ1) is 13.3. The van der Waals surface area contributed by atoms with Crippen molar-refractivity contribution in [2.45, 2.75) is 24.9 Å². The standard InChI is InChI=1S/C19H42N4S4/c1-21-7-13-27-15-9-23-17-18(4-10-24-2)22(8-14-26-12-6-20)16-19(23)5-11-25-3/h18-19,21H,4-17,20H2,1-3H3. The first kappa shape index (κ1) is 26.3. The van der Waals surface area contributed by atoms with E-state index in [-0.39, 0.29) is 0 Å². The minimum atomic E-state index is 0.726. The molecule has 1 heterocycles. The molecule has 1 fully saturated rings. The number of nitrogens with two attached hydrogens (primary N) is 1. The zero-order chi connectivity index (χ0) is 19.7. The van der Waals surface area contributed by atoms with Crippen LogP contribution in [-0.2, 0) is 0 Å². The minimum absolute atomic E-state index is 0.726. The van der Waals surface area contributed by atoms with E-state index in [9.17, 15) is 0 Å². The van der Waals surface area contributed by atoms with Crippen LogP contribution in [0.15, 0.2) is 0 Å². The van der Waals surface area contributed by atoms with Gasteiger partial charge in [-0.2, -0.15) is 47.0 Å². The Morgan fingerprint density at radius 2 is 1.33 bits per heavy atom. The SMILES string of the molecule is CNCCSCCN1CC(CCSC)N(CCSCCN)CC1CCSC. The molecule has 0 aromatic rings. The summed E-state index contributed by atoms with van der Waals surface area (Å²) in [6.07, 6.45) is 7.12. The van der Waals surface area contributed by atoms with Crippen molar-refractivity contribution in [3.8, 4) is 0 Å². The van der Waals surface area contributed by atoms with Crippen LogP contribution in [0.3, 0.4) is 0 Å². The number of piperazine rings is 1. The summed E-state index contributed by atoms with van der Waals surface area (Å²) in [5, 5.41) is 3.25. The van der Waals surface area contributed by atoms with Gasteiger partial charge in [0.15, 0.2) is 0 Å². The summed E-state index contributed by atoms with van der Waals surface area (Å²) in [4.78, 5) is 5.62. The molecule has 0 saturated carbocycles. The molecule has 0 radical (unpaired) electrons. The summed E-state index contributed by atoms with van der Waals surface area (Å²) in [5.74, 6) is 7.35. The number of thioether (sulfide) groups is 4. The summed E-state index contributed by atoms with van der Waals surface area (Å²) in [6, 6.07) is 1.45. The largest absolute Gasteiger partial charge is 0.330 e. The number of hydrogen-bond acceptors (Lipinski definition) is 8. The zero-order valence-electron chi connectivity index (χ0n) is 17.7. The van der Waals surface area contributed by atoms with Gasteiger partial charge in [-0.1, -0.05) is 0 Å². The van der Waals surface area contributed by atoms with Crippen LogP contribution in [-0.4, -0.2) is 115 Å². The van der Waals surface area contributed by atoms with Gasteiger partial charge in [-0.05, 0) is 43.9 Å². The smallest absolute Gasteiger partial charge is 0.0232 e. The zero-order valence-corrected chi connectivity index (χ0v) is 20.9. The van der Waals surface area contributed by atoms with Crippen LogP contribution in [0.2, 0.25) is 0 Å². The maximum Gasteiger partial charge on any atom is 0.0232 e. The molecule has 1 aliphatic rings. The van der Waals surface area contributed by atoms with Crippen molar-refractivity contribution >= 4 is 47.0 Å². The lowest BCUT2D eigenvalue weighted by Gasteiger charge is -2.47. The molecule has 1 saturated heterocycles. The second-order valence-electron chi connectivity index (χ2n) is 6.98. The molecule has 2 unspecified atom stereocenters. The van der Waals surface area contributed by atoms with Gasteiger partial charge >= 0.3 is 0 Å². The van der Waals surface area contributed by atoms with Gasteiger partial charge < -0.3 is 11.1 Å². The molecule has 1 aliphatic heterocycles. The van der Waals surface area contributed by atoms with Crippen LogP contribution in [0, 0.1) is 0 Å². The average Bonchev–Trinajstić information content (AvgIpc) is 2.69. The molecule has 3 N–H and O–H groups in total. The Labute approximate surface area is 185 Å². The van der Waals surface area contributed by atoms with Crippen LogP contribution in [0.4, 0.5) is 0 Å². The lowest BCUT2D eigenvalue weighted by Crippen LogP contribution is -2.59. The van der Waals surface area contributed by atoms with Crippen LogP contribution >= 0.6 is 47.0 Å². The maximum absolute atomic E-state index is 5.66. The Bertz CT molecular complexity index is 339. The van der Waals surface area contributed by atoms with Gasteiger partial charge in [0.1, 0.15) is 0 Å². The Balaban J connectivity index is 2.59. The fourth-order valence-electron chi connectivity index (χ4n) is 3.50. The van der Waals surface area contributed by atoms with E-state index in [4.69, 9.17) is 5.73 Å². The van der Waals surface area contributed by atoms with Crippen molar-refractivity contribution in [3.63, 3.8) is 0 Å². The normalized spacial score (nSPS) is 21.8. The third-order valence-corrected chi connectivity index (χ3v) is 8.29. The van der Waals surface area contributed by atoms with Gasteiger partial charge in [0.05, 0.1) is 0 Å². The Morgan fingerprint density at radius 1 is 0.815 bits per heavy atom. The van der Waals surface area contributed by atoms with Gasteiger partial charge in [0, 0.05) is 74.4 Å². The second kappa shape index (κ2) is 18.0. The molecule has 0 aromatic carbocycles. The Hall–Kier alpha value is 1.24. The van der Waals surface area contributed by atoms with E-state index in [0.29, 0.717) is 0 Å². The number of nitrogens with one attached hydrogen (secondary N) is 1. The third-order valence-electron chi connectivity index (χ3n) is 5.04. The second-order valence-corrected chi connectivity index (χ2v) is 11.4. The number of nitrogens with zero attached hydrogens (tertiary/aromatic N) is 2. The van der Waals surface area contributed by atoms with Gasteiger partial charge in [-0.15, -0.1) is 0 Å². The van der Waals surface area contributed by atoms with Crippen molar-refractivity contribution in [2.24, 2.45) is 5.73 Å². The maximum atomic E-state index is 5.66. The van der Waals surface area contributed by atoms with Gasteiger partial charge in [0.25, 0.3) is 0 Å². The molecule has 0 aliphatic carbocycles. The topological polar surface area (TPSA) is 44.5 Å². The highest BCUT2D eigenvalue weighted by Crippen LogP contribution is 2.23. The van der Waals surface area contributed by atoms with Crippen molar-refractivity contribution in [1.29, 1.82) is 0 Å². The van der Waals surface area contributed by atoms with E-state index in [0.717, 1.165) is 30.9 Å². The highest BCUT2D eigenvalue weighted by molar-refractivity contribution is 7.99. The lowest BCUT2D eigenvalue weighted by molar-refractivity contribution is 0.0337. The molecular formula is C19H42N4S4. The molecule has 4 nitrogen and oxygen atoms in total. The first-order valence-electron chi connectivity index (χ1n) is 10.2. The van der Waals surface area contributed by atoms with E-state index in [1.165, 1.54) is 67.8 Å². The van der Waals surface area contributed by atoms with Crippen LogP contribution in [0.1, 0.15) is 12.8 Å². The van der Waals surface area contributed by atoms with Crippen molar-refractivity contribution in [1.82, 2.24) is 15.1 Å². The first-order valence-corrected chi connectivity index (χ1v) is 15.3.